The van der Waals surface area contributed by atoms with Crippen LogP contribution in [0.3, 0.4) is 0 Å². The van der Waals surface area contributed by atoms with Crippen LogP contribution in [0.25, 0.3) is 0 Å². The molecule has 19 heavy (non-hydrogen) atoms. The van der Waals surface area contributed by atoms with Crippen molar-refractivity contribution in [3.63, 3.8) is 0 Å². The van der Waals surface area contributed by atoms with Gasteiger partial charge < -0.3 is 10.2 Å². The third kappa shape index (κ3) is 4.43. The van der Waals surface area contributed by atoms with Crippen LogP contribution >= 0.6 is 33.9 Å². The standard InChI is InChI=1S/C14H21IN2OS/c1-10(2)16-7-11-4-3-5-17(8-11)14(18)12-6-13(15)19-9-12/h6,9-11,16H,3-5,7-8H2,1-2H3. The van der Waals surface area contributed by atoms with Gasteiger partial charge >= 0.3 is 0 Å². The summed E-state index contributed by atoms with van der Waals surface area (Å²) in [6, 6.07) is 2.51. The molecule has 1 saturated heterocycles. The minimum Gasteiger partial charge on any atom is -0.338 e. The maximum Gasteiger partial charge on any atom is 0.254 e. The van der Waals surface area contributed by atoms with Crippen molar-refractivity contribution in [2.24, 2.45) is 5.92 Å². The van der Waals surface area contributed by atoms with Crippen LogP contribution in [0.5, 0.6) is 0 Å². The second kappa shape index (κ2) is 7.04. The number of hydrogen-bond donors (Lipinski definition) is 1. The number of nitrogens with one attached hydrogen (secondary N) is 1. The molecule has 2 heterocycles. The first-order valence-corrected chi connectivity index (χ1v) is 8.79. The van der Waals surface area contributed by atoms with Crippen LogP contribution in [-0.2, 0) is 0 Å². The van der Waals surface area contributed by atoms with E-state index in [-0.39, 0.29) is 5.91 Å². The van der Waals surface area contributed by atoms with E-state index in [1.807, 2.05) is 16.3 Å². The summed E-state index contributed by atoms with van der Waals surface area (Å²) in [6.07, 6.45) is 2.35. The number of rotatable bonds is 4. The van der Waals surface area contributed by atoms with Gasteiger partial charge in [-0.15, -0.1) is 11.3 Å². The van der Waals surface area contributed by atoms with Gasteiger partial charge in [-0.25, -0.2) is 0 Å². The number of nitrogens with zero attached hydrogens (tertiary/aromatic N) is 1. The first-order chi connectivity index (χ1) is 9.06. The average Bonchev–Trinajstić information content (AvgIpc) is 2.82. The maximum absolute atomic E-state index is 12.4. The van der Waals surface area contributed by atoms with E-state index >= 15 is 0 Å². The summed E-state index contributed by atoms with van der Waals surface area (Å²) in [6.45, 7) is 7.15. The lowest BCUT2D eigenvalue weighted by molar-refractivity contribution is 0.0673. The van der Waals surface area contributed by atoms with Crippen molar-refractivity contribution < 1.29 is 4.79 Å². The summed E-state index contributed by atoms with van der Waals surface area (Å²) >= 11 is 3.91. The molecule has 1 atom stereocenters. The molecule has 5 heteroatoms. The number of carbonyl (C=O) groups is 1. The molecule has 0 saturated carbocycles. The van der Waals surface area contributed by atoms with E-state index in [4.69, 9.17) is 0 Å². The minimum atomic E-state index is 0.202. The predicted molar refractivity (Wildman–Crippen MR) is 88.8 cm³/mol. The molecule has 3 nitrogen and oxygen atoms in total. The Kier molecular flexibility index (Phi) is 5.65. The Morgan fingerprint density at radius 3 is 3.05 bits per heavy atom. The molecule has 0 bridgehead atoms. The smallest absolute Gasteiger partial charge is 0.254 e. The Bertz CT molecular complexity index is 433. The topological polar surface area (TPSA) is 32.3 Å². The third-order valence-electron chi connectivity index (χ3n) is 3.44. The van der Waals surface area contributed by atoms with Crippen molar-refractivity contribution in [1.29, 1.82) is 0 Å². The van der Waals surface area contributed by atoms with Gasteiger partial charge in [-0.3, -0.25) is 4.79 Å². The lowest BCUT2D eigenvalue weighted by Crippen LogP contribution is -2.43. The normalized spacial score (nSPS) is 20.0. The van der Waals surface area contributed by atoms with Gasteiger partial charge in [0.2, 0.25) is 0 Å². The summed E-state index contributed by atoms with van der Waals surface area (Å²) in [5.74, 6) is 0.797. The molecule has 0 radical (unpaired) electrons. The average molecular weight is 392 g/mol. The molecule has 0 spiro atoms. The second-order valence-electron chi connectivity index (χ2n) is 5.46. The van der Waals surface area contributed by atoms with Crippen molar-refractivity contribution in [2.45, 2.75) is 32.7 Å². The Morgan fingerprint density at radius 2 is 2.42 bits per heavy atom. The monoisotopic (exact) mass is 392 g/mol. The summed E-state index contributed by atoms with van der Waals surface area (Å²) in [5, 5.41) is 5.45. The zero-order valence-electron chi connectivity index (χ0n) is 11.5. The maximum atomic E-state index is 12.4. The van der Waals surface area contributed by atoms with Gasteiger partial charge in [-0.05, 0) is 54.0 Å². The Labute approximate surface area is 132 Å². The molecule has 1 N–H and O–H groups in total. The van der Waals surface area contributed by atoms with Gasteiger partial charge in [0.25, 0.3) is 5.91 Å². The van der Waals surface area contributed by atoms with E-state index in [9.17, 15) is 4.79 Å². The SMILES string of the molecule is CC(C)NCC1CCCN(C(=O)c2csc(I)c2)C1. The predicted octanol–water partition coefficient (Wildman–Crippen LogP) is 3.20. The largest absolute Gasteiger partial charge is 0.338 e. The van der Waals surface area contributed by atoms with E-state index in [1.165, 1.54) is 9.30 Å². The molecule has 0 aromatic carbocycles. The highest BCUT2D eigenvalue weighted by atomic mass is 127. The van der Waals surface area contributed by atoms with Crippen molar-refractivity contribution in [3.8, 4) is 0 Å². The molecule has 106 valence electrons. The van der Waals surface area contributed by atoms with Gasteiger partial charge in [-0.2, -0.15) is 0 Å². The van der Waals surface area contributed by atoms with Crippen LogP contribution in [0.15, 0.2) is 11.4 Å². The molecule has 1 aromatic rings. The molecular weight excluding hydrogens is 371 g/mol. The molecule has 1 aliphatic heterocycles. The highest BCUT2D eigenvalue weighted by Crippen LogP contribution is 2.22. The van der Waals surface area contributed by atoms with Crippen molar-refractivity contribution in [3.05, 3.63) is 19.9 Å². The number of carbonyl (C=O) groups excluding carboxylic acids is 1. The summed E-state index contributed by atoms with van der Waals surface area (Å²) in [7, 11) is 0. The number of thiophene rings is 1. The van der Waals surface area contributed by atoms with Crippen molar-refractivity contribution in [2.75, 3.05) is 19.6 Å². The molecule has 1 aromatic heterocycles. The van der Waals surface area contributed by atoms with Gasteiger partial charge in [0, 0.05) is 24.5 Å². The first-order valence-electron chi connectivity index (χ1n) is 6.83. The van der Waals surface area contributed by atoms with Gasteiger partial charge in [0.15, 0.2) is 0 Å². The van der Waals surface area contributed by atoms with E-state index in [0.29, 0.717) is 12.0 Å². The number of halogens is 1. The third-order valence-corrected chi connectivity index (χ3v) is 5.22. The first kappa shape index (κ1) is 15.3. The molecule has 0 aliphatic carbocycles. The van der Waals surface area contributed by atoms with Crippen LogP contribution < -0.4 is 5.32 Å². The van der Waals surface area contributed by atoms with Crippen LogP contribution in [0.4, 0.5) is 0 Å². The van der Waals surface area contributed by atoms with Crippen LogP contribution in [0.2, 0.25) is 0 Å². The lowest BCUT2D eigenvalue weighted by Gasteiger charge is -2.33. The van der Waals surface area contributed by atoms with Crippen LogP contribution in [-0.4, -0.2) is 36.5 Å². The molecule has 1 unspecified atom stereocenters. The molecule has 1 fully saturated rings. The Hall–Kier alpha value is -0.140. The number of hydrogen-bond acceptors (Lipinski definition) is 3. The quantitative estimate of drug-likeness (QED) is 0.799. The van der Waals surface area contributed by atoms with E-state index < -0.39 is 0 Å². The highest BCUT2D eigenvalue weighted by molar-refractivity contribution is 14.1. The zero-order chi connectivity index (χ0) is 13.8. The minimum absolute atomic E-state index is 0.202. The van der Waals surface area contributed by atoms with E-state index in [0.717, 1.165) is 31.6 Å². The number of piperidine rings is 1. The highest BCUT2D eigenvalue weighted by Gasteiger charge is 2.24. The number of amides is 1. The fourth-order valence-electron chi connectivity index (χ4n) is 2.42. The molecular formula is C14H21IN2OS. The van der Waals surface area contributed by atoms with Crippen LogP contribution in [0.1, 0.15) is 37.0 Å². The van der Waals surface area contributed by atoms with Gasteiger partial charge in [0.05, 0.1) is 8.45 Å². The fraction of sp³-hybridized carbons (Fsp3) is 0.643. The van der Waals surface area contributed by atoms with Crippen molar-refractivity contribution >= 4 is 39.8 Å². The van der Waals surface area contributed by atoms with Crippen molar-refractivity contribution in [1.82, 2.24) is 10.2 Å². The summed E-state index contributed by atoms with van der Waals surface area (Å²) in [4.78, 5) is 14.4. The Morgan fingerprint density at radius 1 is 1.63 bits per heavy atom. The van der Waals surface area contributed by atoms with Gasteiger partial charge in [0.1, 0.15) is 0 Å². The lowest BCUT2D eigenvalue weighted by atomic mass is 9.97. The molecule has 2 rings (SSSR count). The number of likely N-dealkylation sites (tertiary alicyclic amines) is 1. The van der Waals surface area contributed by atoms with E-state index in [2.05, 4.69) is 41.8 Å². The molecule has 1 amide bonds. The zero-order valence-corrected chi connectivity index (χ0v) is 14.5. The second-order valence-corrected chi connectivity index (χ2v) is 8.27. The summed E-state index contributed by atoms with van der Waals surface area (Å²) in [5.41, 5.74) is 0.854. The molecule has 1 aliphatic rings. The van der Waals surface area contributed by atoms with Gasteiger partial charge in [-0.1, -0.05) is 13.8 Å². The fourth-order valence-corrected chi connectivity index (χ4v) is 3.74. The van der Waals surface area contributed by atoms with Crippen LogP contribution in [0, 0.1) is 8.80 Å². The van der Waals surface area contributed by atoms with E-state index in [1.54, 1.807) is 11.3 Å². The Balaban J connectivity index is 1.91. The summed E-state index contributed by atoms with van der Waals surface area (Å²) < 4.78 is 1.18.